The molecule has 2 amide bonds. The van der Waals surface area contributed by atoms with Crippen LogP contribution < -0.4 is 5.32 Å². The number of carbonyl (C=O) groups is 2. The summed E-state index contributed by atoms with van der Waals surface area (Å²) >= 11 is 0. The second-order valence-corrected chi connectivity index (χ2v) is 5.74. The molecule has 2 atom stereocenters. The van der Waals surface area contributed by atoms with Crippen molar-refractivity contribution in [1.29, 1.82) is 0 Å². The highest BCUT2D eigenvalue weighted by molar-refractivity contribution is 5.76. The van der Waals surface area contributed by atoms with Crippen molar-refractivity contribution in [3.8, 4) is 0 Å². The summed E-state index contributed by atoms with van der Waals surface area (Å²) in [5.74, 6) is 0.998. The Morgan fingerprint density at radius 2 is 2.05 bits per heavy atom. The lowest BCUT2D eigenvalue weighted by atomic mass is 9.91. The Balaban J connectivity index is 2.61. The van der Waals surface area contributed by atoms with E-state index in [1.54, 1.807) is 0 Å². The monoisotopic (exact) mass is 270 g/mol. The minimum atomic E-state index is -0.419. The van der Waals surface area contributed by atoms with E-state index in [9.17, 15) is 9.59 Å². The Morgan fingerprint density at radius 1 is 1.37 bits per heavy atom. The molecule has 1 heterocycles. The highest BCUT2D eigenvalue weighted by Crippen LogP contribution is 2.21. The molecule has 1 fully saturated rings. The summed E-state index contributed by atoms with van der Waals surface area (Å²) in [5.41, 5.74) is 0. The van der Waals surface area contributed by atoms with Crippen LogP contribution in [0, 0.1) is 11.8 Å². The molecular weight excluding hydrogens is 244 g/mol. The van der Waals surface area contributed by atoms with Crippen LogP contribution in [0.25, 0.3) is 0 Å². The largest absolute Gasteiger partial charge is 0.453 e. The van der Waals surface area contributed by atoms with E-state index < -0.39 is 6.09 Å². The lowest BCUT2D eigenvalue weighted by Gasteiger charge is -2.38. The number of hydrogen-bond acceptors (Lipinski definition) is 3. The molecule has 0 saturated carbocycles. The van der Waals surface area contributed by atoms with Crippen LogP contribution in [0.1, 0.15) is 40.0 Å². The fourth-order valence-corrected chi connectivity index (χ4v) is 2.51. The van der Waals surface area contributed by atoms with Crippen LogP contribution in [0.5, 0.6) is 0 Å². The van der Waals surface area contributed by atoms with Gasteiger partial charge in [0, 0.05) is 19.5 Å². The van der Waals surface area contributed by atoms with Gasteiger partial charge in [0.25, 0.3) is 0 Å². The molecule has 1 saturated heterocycles. The third-order valence-electron chi connectivity index (χ3n) is 3.56. The molecule has 1 N–H and O–H groups in total. The molecule has 0 aromatic heterocycles. The molecule has 2 unspecified atom stereocenters. The second-order valence-electron chi connectivity index (χ2n) is 5.74. The number of alkyl carbamates (subject to hydrolysis) is 1. The summed E-state index contributed by atoms with van der Waals surface area (Å²) in [7, 11) is 1.36. The van der Waals surface area contributed by atoms with Crippen molar-refractivity contribution in [2.75, 3.05) is 20.2 Å². The van der Waals surface area contributed by atoms with Crippen LogP contribution in [0.15, 0.2) is 0 Å². The predicted octanol–water partition coefficient (Wildman–Crippen LogP) is 2.02. The Hall–Kier alpha value is -1.26. The summed E-state index contributed by atoms with van der Waals surface area (Å²) in [4.78, 5) is 25.3. The number of methoxy groups -OCH3 is 1. The van der Waals surface area contributed by atoms with Crippen LogP contribution in [-0.4, -0.2) is 43.1 Å². The van der Waals surface area contributed by atoms with Gasteiger partial charge in [-0.05, 0) is 18.3 Å². The fraction of sp³-hybridized carbons (Fsp3) is 0.857. The quantitative estimate of drug-likeness (QED) is 0.850. The Morgan fingerprint density at radius 3 is 2.58 bits per heavy atom. The number of piperidine rings is 1. The minimum absolute atomic E-state index is 0.00209. The molecule has 1 rings (SSSR count). The van der Waals surface area contributed by atoms with Gasteiger partial charge >= 0.3 is 6.09 Å². The van der Waals surface area contributed by atoms with Crippen molar-refractivity contribution in [2.45, 2.75) is 46.1 Å². The first-order chi connectivity index (χ1) is 8.96. The zero-order valence-corrected chi connectivity index (χ0v) is 12.4. The van der Waals surface area contributed by atoms with E-state index in [1.165, 1.54) is 7.11 Å². The SMILES string of the molecule is CCC1CC(NC(=O)OC)CN(C(=O)CC(C)C)C1. The Labute approximate surface area is 115 Å². The van der Waals surface area contributed by atoms with Gasteiger partial charge in [0.1, 0.15) is 0 Å². The number of nitrogens with zero attached hydrogens (tertiary/aromatic N) is 1. The molecule has 1 aliphatic rings. The lowest BCUT2D eigenvalue weighted by Crippen LogP contribution is -2.52. The van der Waals surface area contributed by atoms with Gasteiger partial charge in [0.05, 0.1) is 13.2 Å². The first-order valence-corrected chi connectivity index (χ1v) is 7.08. The molecule has 0 radical (unpaired) electrons. The first-order valence-electron chi connectivity index (χ1n) is 7.08. The van der Waals surface area contributed by atoms with Crippen molar-refractivity contribution >= 4 is 12.0 Å². The maximum atomic E-state index is 12.2. The van der Waals surface area contributed by atoms with Crippen LogP contribution in [0.3, 0.4) is 0 Å². The Bertz CT molecular complexity index is 318. The average molecular weight is 270 g/mol. The average Bonchev–Trinajstić information content (AvgIpc) is 2.37. The number of hydrogen-bond donors (Lipinski definition) is 1. The highest BCUT2D eigenvalue weighted by Gasteiger charge is 2.30. The zero-order valence-electron chi connectivity index (χ0n) is 12.4. The van der Waals surface area contributed by atoms with Crippen molar-refractivity contribution in [3.05, 3.63) is 0 Å². The highest BCUT2D eigenvalue weighted by atomic mass is 16.5. The van der Waals surface area contributed by atoms with Crippen molar-refractivity contribution in [1.82, 2.24) is 10.2 Å². The van der Waals surface area contributed by atoms with Gasteiger partial charge in [0.2, 0.25) is 5.91 Å². The van der Waals surface area contributed by atoms with Crippen LogP contribution >= 0.6 is 0 Å². The smallest absolute Gasteiger partial charge is 0.407 e. The number of carbonyl (C=O) groups excluding carboxylic acids is 2. The van der Waals surface area contributed by atoms with Gasteiger partial charge in [0.15, 0.2) is 0 Å². The van der Waals surface area contributed by atoms with Crippen molar-refractivity contribution in [2.24, 2.45) is 11.8 Å². The molecule has 19 heavy (non-hydrogen) atoms. The zero-order chi connectivity index (χ0) is 14.4. The molecular formula is C14H26N2O3. The van der Waals surface area contributed by atoms with Crippen molar-refractivity contribution in [3.63, 3.8) is 0 Å². The van der Waals surface area contributed by atoms with Gasteiger partial charge in [-0.25, -0.2) is 4.79 Å². The van der Waals surface area contributed by atoms with E-state index in [2.05, 4.69) is 17.0 Å². The van der Waals surface area contributed by atoms with Gasteiger partial charge in [-0.3, -0.25) is 4.79 Å². The molecule has 5 nitrogen and oxygen atoms in total. The maximum Gasteiger partial charge on any atom is 0.407 e. The normalized spacial score (nSPS) is 23.3. The second kappa shape index (κ2) is 7.36. The maximum absolute atomic E-state index is 12.2. The first kappa shape index (κ1) is 15.8. The van der Waals surface area contributed by atoms with E-state index in [1.807, 2.05) is 18.7 Å². The van der Waals surface area contributed by atoms with E-state index in [-0.39, 0.29) is 11.9 Å². The van der Waals surface area contributed by atoms with E-state index >= 15 is 0 Å². The topological polar surface area (TPSA) is 58.6 Å². The number of amides is 2. The summed E-state index contributed by atoms with van der Waals surface area (Å²) in [6.45, 7) is 7.61. The third-order valence-corrected chi connectivity index (χ3v) is 3.56. The number of likely N-dealkylation sites (tertiary alicyclic amines) is 1. The molecule has 0 aromatic rings. The summed E-state index contributed by atoms with van der Waals surface area (Å²) in [6.07, 6.45) is 2.08. The van der Waals surface area contributed by atoms with Crippen LogP contribution in [-0.2, 0) is 9.53 Å². The standard InChI is InChI=1S/C14H26N2O3/c1-5-11-7-12(15-14(18)19-4)9-16(8-11)13(17)6-10(2)3/h10-12H,5-9H2,1-4H3,(H,15,18). The molecule has 5 heteroatoms. The van der Waals surface area contributed by atoms with E-state index in [4.69, 9.17) is 0 Å². The summed E-state index contributed by atoms with van der Waals surface area (Å²) in [6, 6.07) is 0.00209. The molecule has 0 aromatic carbocycles. The lowest BCUT2D eigenvalue weighted by molar-refractivity contribution is -0.134. The third kappa shape index (κ3) is 5.09. The van der Waals surface area contributed by atoms with Gasteiger partial charge < -0.3 is 15.0 Å². The Kier molecular flexibility index (Phi) is 6.12. The summed E-state index contributed by atoms with van der Waals surface area (Å²) < 4.78 is 4.63. The molecule has 0 spiro atoms. The number of ether oxygens (including phenoxy) is 1. The summed E-state index contributed by atoms with van der Waals surface area (Å²) in [5, 5.41) is 2.82. The predicted molar refractivity (Wildman–Crippen MR) is 73.8 cm³/mol. The molecule has 0 bridgehead atoms. The van der Waals surface area contributed by atoms with E-state index in [0.717, 1.165) is 19.4 Å². The van der Waals surface area contributed by atoms with Gasteiger partial charge in [-0.1, -0.05) is 27.2 Å². The molecule has 1 aliphatic heterocycles. The van der Waals surface area contributed by atoms with Gasteiger partial charge in [-0.2, -0.15) is 0 Å². The van der Waals surface area contributed by atoms with Crippen LogP contribution in [0.4, 0.5) is 4.79 Å². The number of rotatable bonds is 4. The van der Waals surface area contributed by atoms with Crippen molar-refractivity contribution < 1.29 is 14.3 Å². The number of nitrogens with one attached hydrogen (secondary N) is 1. The molecule has 0 aliphatic carbocycles. The van der Waals surface area contributed by atoms with Gasteiger partial charge in [-0.15, -0.1) is 0 Å². The van der Waals surface area contributed by atoms with E-state index in [0.29, 0.717) is 24.8 Å². The molecule has 110 valence electrons. The fourth-order valence-electron chi connectivity index (χ4n) is 2.51. The van der Waals surface area contributed by atoms with Crippen LogP contribution in [0.2, 0.25) is 0 Å². The minimum Gasteiger partial charge on any atom is -0.453 e.